The first-order valence-electron chi connectivity index (χ1n) is 5.57. The van der Waals surface area contributed by atoms with Crippen molar-refractivity contribution in [1.82, 2.24) is 0 Å². The SMILES string of the molecule is COc1ccc(C(N)c2ccc(F)c(Br)c2)c(F)c1. The Balaban J connectivity index is 2.38. The minimum atomic E-state index is -0.664. The standard InChI is InChI=1S/C14H12BrF2NO/c1-19-9-3-4-10(13(17)7-9)14(18)8-2-5-12(16)11(15)6-8/h2-7,14H,18H2,1H3. The highest BCUT2D eigenvalue weighted by Gasteiger charge is 2.15. The van der Waals surface area contributed by atoms with Crippen molar-refractivity contribution in [2.24, 2.45) is 5.73 Å². The molecule has 0 fully saturated rings. The lowest BCUT2D eigenvalue weighted by Gasteiger charge is -2.14. The fraction of sp³-hybridized carbons (Fsp3) is 0.143. The summed E-state index contributed by atoms with van der Waals surface area (Å²) in [5.41, 5.74) is 6.96. The van der Waals surface area contributed by atoms with E-state index >= 15 is 0 Å². The molecule has 2 rings (SSSR count). The van der Waals surface area contributed by atoms with Gasteiger partial charge < -0.3 is 10.5 Å². The summed E-state index contributed by atoms with van der Waals surface area (Å²) in [5.74, 6) is -0.410. The van der Waals surface area contributed by atoms with Crippen LogP contribution in [0.2, 0.25) is 0 Å². The Labute approximate surface area is 118 Å². The summed E-state index contributed by atoms with van der Waals surface area (Å²) in [6, 6.07) is 8.18. The van der Waals surface area contributed by atoms with Crippen LogP contribution in [0.4, 0.5) is 8.78 Å². The highest BCUT2D eigenvalue weighted by atomic mass is 79.9. The maximum absolute atomic E-state index is 13.9. The van der Waals surface area contributed by atoms with Gasteiger partial charge in [0.1, 0.15) is 17.4 Å². The zero-order chi connectivity index (χ0) is 14.0. The lowest BCUT2D eigenvalue weighted by Crippen LogP contribution is -2.13. The van der Waals surface area contributed by atoms with E-state index < -0.39 is 11.9 Å². The van der Waals surface area contributed by atoms with E-state index in [4.69, 9.17) is 10.5 Å². The van der Waals surface area contributed by atoms with Crippen LogP contribution in [0.25, 0.3) is 0 Å². The molecule has 0 saturated carbocycles. The highest BCUT2D eigenvalue weighted by Crippen LogP contribution is 2.27. The lowest BCUT2D eigenvalue weighted by atomic mass is 9.99. The van der Waals surface area contributed by atoms with Crippen LogP contribution in [0, 0.1) is 11.6 Å². The number of methoxy groups -OCH3 is 1. The molecule has 2 aromatic carbocycles. The van der Waals surface area contributed by atoms with Gasteiger partial charge in [0.2, 0.25) is 0 Å². The van der Waals surface area contributed by atoms with Gasteiger partial charge in [0.15, 0.2) is 0 Å². The predicted molar refractivity (Wildman–Crippen MR) is 73.1 cm³/mol. The van der Waals surface area contributed by atoms with Gasteiger partial charge in [-0.05, 0) is 39.7 Å². The summed E-state index contributed by atoms with van der Waals surface area (Å²) in [5, 5.41) is 0. The molecule has 19 heavy (non-hydrogen) atoms. The molecule has 0 heterocycles. The second kappa shape index (κ2) is 5.67. The molecular weight excluding hydrogens is 316 g/mol. The average molecular weight is 328 g/mol. The molecule has 0 aliphatic rings. The molecule has 0 aliphatic carbocycles. The zero-order valence-electron chi connectivity index (χ0n) is 10.2. The van der Waals surface area contributed by atoms with E-state index in [9.17, 15) is 8.78 Å². The van der Waals surface area contributed by atoms with Crippen molar-refractivity contribution in [3.63, 3.8) is 0 Å². The smallest absolute Gasteiger partial charge is 0.137 e. The largest absolute Gasteiger partial charge is 0.497 e. The van der Waals surface area contributed by atoms with E-state index in [-0.39, 0.29) is 5.82 Å². The Morgan fingerprint density at radius 3 is 2.42 bits per heavy atom. The summed E-state index contributed by atoms with van der Waals surface area (Å²) in [7, 11) is 1.46. The maximum atomic E-state index is 13.9. The van der Waals surface area contributed by atoms with Gasteiger partial charge in [-0.1, -0.05) is 12.1 Å². The van der Waals surface area contributed by atoms with Gasteiger partial charge in [-0.3, -0.25) is 0 Å². The van der Waals surface area contributed by atoms with E-state index in [1.54, 1.807) is 18.2 Å². The Morgan fingerprint density at radius 1 is 1.11 bits per heavy atom. The second-order valence-corrected chi connectivity index (χ2v) is 4.89. The number of rotatable bonds is 3. The van der Waals surface area contributed by atoms with Crippen LogP contribution in [0.5, 0.6) is 5.75 Å². The van der Waals surface area contributed by atoms with Crippen LogP contribution in [0.3, 0.4) is 0 Å². The molecule has 2 nitrogen and oxygen atoms in total. The molecule has 5 heteroatoms. The van der Waals surface area contributed by atoms with Crippen molar-refractivity contribution < 1.29 is 13.5 Å². The van der Waals surface area contributed by atoms with Crippen molar-refractivity contribution in [1.29, 1.82) is 0 Å². The van der Waals surface area contributed by atoms with Crippen LogP contribution in [-0.2, 0) is 0 Å². The molecule has 0 spiro atoms. The van der Waals surface area contributed by atoms with E-state index in [2.05, 4.69) is 15.9 Å². The summed E-state index contributed by atoms with van der Waals surface area (Å²) < 4.78 is 32.3. The highest BCUT2D eigenvalue weighted by molar-refractivity contribution is 9.10. The monoisotopic (exact) mass is 327 g/mol. The van der Waals surface area contributed by atoms with Crippen molar-refractivity contribution in [3.8, 4) is 5.75 Å². The van der Waals surface area contributed by atoms with E-state index in [0.717, 1.165) is 0 Å². The lowest BCUT2D eigenvalue weighted by molar-refractivity contribution is 0.410. The minimum absolute atomic E-state index is 0.300. The first-order valence-corrected chi connectivity index (χ1v) is 6.36. The quantitative estimate of drug-likeness (QED) is 0.931. The molecular formula is C14H12BrF2NO. The molecule has 2 N–H and O–H groups in total. The molecule has 0 radical (unpaired) electrons. The number of halogens is 3. The van der Waals surface area contributed by atoms with Crippen molar-refractivity contribution >= 4 is 15.9 Å². The third-order valence-electron chi connectivity index (χ3n) is 2.85. The third-order valence-corrected chi connectivity index (χ3v) is 3.45. The third kappa shape index (κ3) is 2.93. The van der Waals surface area contributed by atoms with Crippen molar-refractivity contribution in [3.05, 3.63) is 63.6 Å². The Bertz CT molecular complexity index is 604. The van der Waals surface area contributed by atoms with E-state index in [0.29, 0.717) is 21.3 Å². The van der Waals surface area contributed by atoms with Gasteiger partial charge in [-0.25, -0.2) is 8.78 Å². The zero-order valence-corrected chi connectivity index (χ0v) is 11.7. The van der Waals surface area contributed by atoms with Gasteiger partial charge in [0.05, 0.1) is 17.6 Å². The molecule has 0 saturated heterocycles. The van der Waals surface area contributed by atoms with Crippen LogP contribution < -0.4 is 10.5 Å². The molecule has 100 valence electrons. The van der Waals surface area contributed by atoms with Crippen LogP contribution in [0.15, 0.2) is 40.9 Å². The van der Waals surface area contributed by atoms with Gasteiger partial charge in [-0.15, -0.1) is 0 Å². The first-order chi connectivity index (χ1) is 9.02. The molecule has 1 unspecified atom stereocenters. The number of hydrogen-bond donors (Lipinski definition) is 1. The molecule has 0 aliphatic heterocycles. The minimum Gasteiger partial charge on any atom is -0.497 e. The van der Waals surface area contributed by atoms with E-state index in [1.807, 2.05) is 0 Å². The van der Waals surface area contributed by atoms with Crippen LogP contribution >= 0.6 is 15.9 Å². The number of nitrogens with two attached hydrogens (primary N) is 1. The fourth-order valence-electron chi connectivity index (χ4n) is 1.77. The molecule has 0 amide bonds. The Hall–Kier alpha value is -1.46. The molecule has 2 aromatic rings. The van der Waals surface area contributed by atoms with Gasteiger partial charge in [-0.2, -0.15) is 0 Å². The number of hydrogen-bond acceptors (Lipinski definition) is 2. The number of ether oxygens (including phenoxy) is 1. The Morgan fingerprint density at radius 2 is 1.84 bits per heavy atom. The fourth-order valence-corrected chi connectivity index (χ4v) is 2.17. The van der Waals surface area contributed by atoms with Gasteiger partial charge >= 0.3 is 0 Å². The first kappa shape index (κ1) is 14.0. The average Bonchev–Trinajstić information content (AvgIpc) is 2.41. The van der Waals surface area contributed by atoms with E-state index in [1.165, 1.54) is 25.3 Å². The topological polar surface area (TPSA) is 35.2 Å². The van der Waals surface area contributed by atoms with Gasteiger partial charge in [0, 0.05) is 11.6 Å². The predicted octanol–water partition coefficient (Wildman–Crippen LogP) is 3.78. The number of benzene rings is 2. The van der Waals surface area contributed by atoms with Crippen LogP contribution in [0.1, 0.15) is 17.2 Å². The molecule has 0 bridgehead atoms. The summed E-state index contributed by atoms with van der Waals surface area (Å²) in [4.78, 5) is 0. The van der Waals surface area contributed by atoms with Crippen LogP contribution in [-0.4, -0.2) is 7.11 Å². The molecule has 0 aromatic heterocycles. The summed E-state index contributed by atoms with van der Waals surface area (Å²) in [6.45, 7) is 0. The van der Waals surface area contributed by atoms with Gasteiger partial charge in [0.25, 0.3) is 0 Å². The Kier molecular flexibility index (Phi) is 4.17. The van der Waals surface area contributed by atoms with Crippen molar-refractivity contribution in [2.45, 2.75) is 6.04 Å². The normalized spacial score (nSPS) is 12.3. The maximum Gasteiger partial charge on any atom is 0.137 e. The van der Waals surface area contributed by atoms with Crippen molar-refractivity contribution in [2.75, 3.05) is 7.11 Å². The summed E-state index contributed by atoms with van der Waals surface area (Å²) in [6.07, 6.45) is 0. The summed E-state index contributed by atoms with van der Waals surface area (Å²) >= 11 is 3.08. The molecule has 1 atom stereocenters. The second-order valence-electron chi connectivity index (χ2n) is 4.04.